The predicted molar refractivity (Wildman–Crippen MR) is 75.2 cm³/mol. The van der Waals surface area contributed by atoms with Crippen LogP contribution in [0.15, 0.2) is 21.1 Å². The van der Waals surface area contributed by atoms with Crippen LogP contribution in [0.2, 0.25) is 0 Å². The number of rotatable bonds is 2. The lowest BCUT2D eigenvalue weighted by atomic mass is 10.1. The van der Waals surface area contributed by atoms with E-state index in [0.717, 1.165) is 0 Å². The lowest BCUT2D eigenvalue weighted by molar-refractivity contribution is -0.141. The number of likely N-dealkylation sites (tertiary alicyclic amines) is 1. The molecule has 1 aromatic carbocycles. The number of carboxylic acids is 1. The normalized spacial score (nSPS) is 18.6. The molecule has 1 heterocycles. The molecule has 1 saturated heterocycles. The molecule has 0 spiro atoms. The SMILES string of the molecule is O=C(O)C1CCCN1C(=O)c1cc(Br)c(O)c(Br)c1. The van der Waals surface area contributed by atoms with Crippen LogP contribution in [0.5, 0.6) is 5.75 Å². The van der Waals surface area contributed by atoms with Crippen molar-refractivity contribution >= 4 is 43.7 Å². The van der Waals surface area contributed by atoms with Crippen molar-refractivity contribution in [3.63, 3.8) is 0 Å². The Hall–Kier alpha value is -1.08. The topological polar surface area (TPSA) is 77.8 Å². The molecule has 0 radical (unpaired) electrons. The van der Waals surface area contributed by atoms with Gasteiger partial charge in [-0.15, -0.1) is 0 Å². The van der Waals surface area contributed by atoms with Gasteiger partial charge in [-0.05, 0) is 56.8 Å². The maximum Gasteiger partial charge on any atom is 0.326 e. The Labute approximate surface area is 126 Å². The first-order valence-electron chi connectivity index (χ1n) is 5.63. The minimum atomic E-state index is -0.984. The summed E-state index contributed by atoms with van der Waals surface area (Å²) in [6, 6.07) is 2.21. The largest absolute Gasteiger partial charge is 0.506 e. The van der Waals surface area contributed by atoms with Gasteiger partial charge < -0.3 is 15.1 Å². The highest BCUT2D eigenvalue weighted by atomic mass is 79.9. The summed E-state index contributed by atoms with van der Waals surface area (Å²) in [5, 5.41) is 18.7. The Kier molecular flexibility index (Phi) is 4.15. The number of nitrogens with zero attached hydrogens (tertiary/aromatic N) is 1. The number of halogens is 2. The summed E-state index contributed by atoms with van der Waals surface area (Å²) in [7, 11) is 0. The standard InChI is InChI=1S/C12H11Br2NO4/c13-7-4-6(5-8(14)10(7)16)11(17)15-3-1-2-9(15)12(18)19/h4-5,9,16H,1-3H2,(H,18,19). The van der Waals surface area contributed by atoms with Gasteiger partial charge in [-0.2, -0.15) is 0 Å². The quantitative estimate of drug-likeness (QED) is 0.810. The van der Waals surface area contributed by atoms with Crippen molar-refractivity contribution in [3.8, 4) is 5.75 Å². The molecule has 1 unspecified atom stereocenters. The number of carbonyl (C=O) groups is 2. The highest BCUT2D eigenvalue weighted by Gasteiger charge is 2.34. The molecule has 0 aliphatic carbocycles. The first-order chi connectivity index (χ1) is 8.91. The van der Waals surface area contributed by atoms with Crippen molar-refractivity contribution in [3.05, 3.63) is 26.6 Å². The number of aromatic hydroxyl groups is 1. The van der Waals surface area contributed by atoms with Gasteiger partial charge in [0.15, 0.2) is 0 Å². The highest BCUT2D eigenvalue weighted by molar-refractivity contribution is 9.11. The van der Waals surface area contributed by atoms with E-state index < -0.39 is 12.0 Å². The van der Waals surface area contributed by atoms with E-state index in [1.165, 1.54) is 17.0 Å². The number of hydrogen-bond acceptors (Lipinski definition) is 3. The maximum absolute atomic E-state index is 12.3. The first kappa shape index (κ1) is 14.3. The Morgan fingerprint density at radius 3 is 2.37 bits per heavy atom. The number of carboxylic acid groups (broad SMARTS) is 1. The molecule has 0 aromatic heterocycles. The number of hydrogen-bond donors (Lipinski definition) is 2. The van der Waals surface area contributed by atoms with E-state index in [1.807, 2.05) is 0 Å². The maximum atomic E-state index is 12.3. The summed E-state index contributed by atoms with van der Waals surface area (Å²) in [6.45, 7) is 0.436. The van der Waals surface area contributed by atoms with E-state index in [0.29, 0.717) is 33.9 Å². The summed E-state index contributed by atoms with van der Waals surface area (Å²) in [5.74, 6) is -1.32. The summed E-state index contributed by atoms with van der Waals surface area (Å²) >= 11 is 6.30. The number of phenols is 1. The Balaban J connectivity index is 2.32. The zero-order valence-electron chi connectivity index (χ0n) is 9.77. The lowest BCUT2D eigenvalue weighted by Crippen LogP contribution is -2.40. The molecule has 5 nitrogen and oxygen atoms in total. The van der Waals surface area contributed by atoms with Gasteiger partial charge in [0, 0.05) is 12.1 Å². The molecular weight excluding hydrogens is 382 g/mol. The van der Waals surface area contributed by atoms with Crippen LogP contribution in [0, 0.1) is 0 Å². The predicted octanol–water partition coefficient (Wildman–Crippen LogP) is 2.61. The smallest absolute Gasteiger partial charge is 0.326 e. The monoisotopic (exact) mass is 391 g/mol. The van der Waals surface area contributed by atoms with Gasteiger partial charge in [-0.1, -0.05) is 0 Å². The molecule has 0 saturated carbocycles. The van der Waals surface area contributed by atoms with Gasteiger partial charge in [0.2, 0.25) is 0 Å². The molecule has 1 atom stereocenters. The molecule has 2 N–H and O–H groups in total. The van der Waals surface area contributed by atoms with E-state index in [9.17, 15) is 14.7 Å². The zero-order valence-corrected chi connectivity index (χ0v) is 12.9. The van der Waals surface area contributed by atoms with Crippen LogP contribution in [-0.2, 0) is 4.79 Å². The molecule has 7 heteroatoms. The van der Waals surface area contributed by atoms with Crippen LogP contribution in [-0.4, -0.2) is 39.6 Å². The van der Waals surface area contributed by atoms with E-state index in [4.69, 9.17) is 5.11 Å². The fraction of sp³-hybridized carbons (Fsp3) is 0.333. The summed E-state index contributed by atoms with van der Waals surface area (Å²) in [4.78, 5) is 24.8. The molecule has 1 aliphatic rings. The first-order valence-corrected chi connectivity index (χ1v) is 7.22. The third-order valence-corrected chi connectivity index (χ3v) is 4.27. The van der Waals surface area contributed by atoms with Crippen LogP contribution < -0.4 is 0 Å². The second-order valence-electron chi connectivity index (χ2n) is 4.28. The number of amides is 1. The van der Waals surface area contributed by atoms with Gasteiger partial charge >= 0.3 is 5.97 Å². The average molecular weight is 393 g/mol. The van der Waals surface area contributed by atoms with Gasteiger partial charge in [-0.3, -0.25) is 4.79 Å². The van der Waals surface area contributed by atoms with Crippen LogP contribution in [0.4, 0.5) is 0 Å². The second kappa shape index (κ2) is 5.50. The van der Waals surface area contributed by atoms with E-state index in [2.05, 4.69) is 31.9 Å². The zero-order chi connectivity index (χ0) is 14.2. The summed E-state index contributed by atoms with van der Waals surface area (Å²) in [6.07, 6.45) is 1.16. The summed E-state index contributed by atoms with van der Waals surface area (Å²) < 4.78 is 0.771. The fourth-order valence-corrected chi connectivity index (χ4v) is 3.31. The van der Waals surface area contributed by atoms with Crippen molar-refractivity contribution in [1.82, 2.24) is 4.90 Å². The molecular formula is C12H11Br2NO4. The van der Waals surface area contributed by atoms with E-state index in [1.54, 1.807) is 0 Å². The second-order valence-corrected chi connectivity index (χ2v) is 5.99. The minimum Gasteiger partial charge on any atom is -0.506 e. The van der Waals surface area contributed by atoms with Crippen LogP contribution in [0.3, 0.4) is 0 Å². The number of aliphatic carboxylic acids is 1. The van der Waals surface area contributed by atoms with Gasteiger partial charge in [0.1, 0.15) is 11.8 Å². The highest BCUT2D eigenvalue weighted by Crippen LogP contribution is 2.34. The third kappa shape index (κ3) is 2.76. The number of carbonyl (C=O) groups excluding carboxylic acids is 1. The molecule has 102 valence electrons. The van der Waals surface area contributed by atoms with Crippen molar-refractivity contribution in [2.75, 3.05) is 6.54 Å². The van der Waals surface area contributed by atoms with Crippen LogP contribution in [0.1, 0.15) is 23.2 Å². The van der Waals surface area contributed by atoms with Crippen molar-refractivity contribution in [2.45, 2.75) is 18.9 Å². The third-order valence-electron chi connectivity index (χ3n) is 3.06. The van der Waals surface area contributed by atoms with Crippen molar-refractivity contribution in [1.29, 1.82) is 0 Å². The van der Waals surface area contributed by atoms with Gasteiger partial charge in [0.05, 0.1) is 8.95 Å². The molecule has 2 rings (SSSR count). The molecule has 1 fully saturated rings. The molecule has 1 aliphatic heterocycles. The van der Waals surface area contributed by atoms with Crippen LogP contribution in [0.25, 0.3) is 0 Å². The van der Waals surface area contributed by atoms with Crippen LogP contribution >= 0.6 is 31.9 Å². The Morgan fingerprint density at radius 2 is 1.84 bits per heavy atom. The number of benzene rings is 1. The average Bonchev–Trinajstić information content (AvgIpc) is 2.83. The minimum absolute atomic E-state index is 0.00718. The van der Waals surface area contributed by atoms with E-state index >= 15 is 0 Å². The fourth-order valence-electron chi connectivity index (χ4n) is 2.12. The Morgan fingerprint density at radius 1 is 1.26 bits per heavy atom. The number of phenolic OH excluding ortho intramolecular Hbond substituents is 1. The lowest BCUT2D eigenvalue weighted by Gasteiger charge is -2.21. The molecule has 1 amide bonds. The molecule has 19 heavy (non-hydrogen) atoms. The Bertz CT molecular complexity index is 524. The van der Waals surface area contributed by atoms with Gasteiger partial charge in [-0.25, -0.2) is 4.79 Å². The molecule has 0 bridgehead atoms. The van der Waals surface area contributed by atoms with E-state index in [-0.39, 0.29) is 11.7 Å². The van der Waals surface area contributed by atoms with Crippen molar-refractivity contribution in [2.24, 2.45) is 0 Å². The summed E-state index contributed by atoms with van der Waals surface area (Å²) in [5.41, 5.74) is 0.338. The molecule has 1 aromatic rings. The van der Waals surface area contributed by atoms with Crippen molar-refractivity contribution < 1.29 is 19.8 Å². The van der Waals surface area contributed by atoms with Gasteiger partial charge in [0.25, 0.3) is 5.91 Å².